The molecule has 0 spiro atoms. The Hall–Kier alpha value is -2.87. The van der Waals surface area contributed by atoms with E-state index in [2.05, 4.69) is 50.5 Å². The summed E-state index contributed by atoms with van der Waals surface area (Å²) in [7, 11) is 1.42. The standard InChI is InChI=1S/C25H30BrNO6/c1-24(2,3)16-25(4,5)18-7-9-19(10-8-18)32-15-22(28)33-23-20(26)13-17(11-12-27(29)30)14-21(23)31-6/h7-14H,15-16H2,1-6H3. The topological polar surface area (TPSA) is 87.9 Å². The number of hydrogen-bond donors (Lipinski definition) is 0. The Balaban J connectivity index is 2.04. The summed E-state index contributed by atoms with van der Waals surface area (Å²) in [5, 5.41) is 10.5. The minimum absolute atomic E-state index is 0.0134. The van der Waals surface area contributed by atoms with Crippen molar-refractivity contribution in [2.45, 2.75) is 46.5 Å². The molecule has 0 radical (unpaired) electrons. The van der Waals surface area contributed by atoms with Crippen LogP contribution in [0.4, 0.5) is 0 Å². The van der Waals surface area contributed by atoms with Crippen LogP contribution in [0.25, 0.3) is 6.08 Å². The van der Waals surface area contributed by atoms with E-state index in [1.165, 1.54) is 24.8 Å². The molecule has 0 heterocycles. The second-order valence-corrected chi connectivity index (χ2v) is 10.4. The Labute approximate surface area is 203 Å². The van der Waals surface area contributed by atoms with E-state index in [4.69, 9.17) is 14.2 Å². The third-order valence-electron chi connectivity index (χ3n) is 4.82. The van der Waals surface area contributed by atoms with E-state index in [1.54, 1.807) is 6.07 Å². The van der Waals surface area contributed by atoms with Gasteiger partial charge in [-0.3, -0.25) is 10.1 Å². The molecule has 0 saturated carbocycles. The fourth-order valence-electron chi connectivity index (χ4n) is 3.80. The molecular formula is C25H30BrNO6. The van der Waals surface area contributed by atoms with Crippen LogP contribution in [0.2, 0.25) is 0 Å². The summed E-state index contributed by atoms with van der Waals surface area (Å²) in [6.07, 6.45) is 3.16. The molecule has 0 N–H and O–H groups in total. The van der Waals surface area contributed by atoms with Crippen molar-refractivity contribution in [2.75, 3.05) is 13.7 Å². The van der Waals surface area contributed by atoms with Gasteiger partial charge in [0.25, 0.3) is 0 Å². The van der Waals surface area contributed by atoms with Crippen molar-refractivity contribution in [1.82, 2.24) is 0 Å². The maximum Gasteiger partial charge on any atom is 0.349 e. The number of nitro groups is 1. The second-order valence-electron chi connectivity index (χ2n) is 9.54. The van der Waals surface area contributed by atoms with Crippen molar-refractivity contribution < 1.29 is 23.9 Å². The molecule has 0 saturated heterocycles. The zero-order valence-corrected chi connectivity index (χ0v) is 21.4. The van der Waals surface area contributed by atoms with Gasteiger partial charge in [-0.15, -0.1) is 0 Å². The van der Waals surface area contributed by atoms with Gasteiger partial charge >= 0.3 is 5.97 Å². The molecule has 0 atom stereocenters. The first-order valence-electron chi connectivity index (χ1n) is 10.4. The number of hydrogen-bond acceptors (Lipinski definition) is 6. The molecular weight excluding hydrogens is 490 g/mol. The molecule has 0 bridgehead atoms. The molecule has 0 aliphatic heterocycles. The predicted octanol–water partition coefficient (Wildman–Crippen LogP) is 6.40. The lowest BCUT2D eigenvalue weighted by Crippen LogP contribution is -2.24. The van der Waals surface area contributed by atoms with Gasteiger partial charge < -0.3 is 14.2 Å². The molecule has 33 heavy (non-hydrogen) atoms. The first-order valence-corrected chi connectivity index (χ1v) is 11.2. The third-order valence-corrected chi connectivity index (χ3v) is 5.41. The maximum atomic E-state index is 12.4. The van der Waals surface area contributed by atoms with Crippen molar-refractivity contribution in [3.63, 3.8) is 0 Å². The number of esters is 1. The number of methoxy groups -OCH3 is 1. The number of rotatable bonds is 9. The van der Waals surface area contributed by atoms with Gasteiger partial charge in [-0.1, -0.05) is 46.8 Å². The van der Waals surface area contributed by atoms with Crippen molar-refractivity contribution >= 4 is 28.0 Å². The van der Waals surface area contributed by atoms with Gasteiger partial charge in [0.05, 0.1) is 16.5 Å². The quantitative estimate of drug-likeness (QED) is 0.165. The lowest BCUT2D eigenvalue weighted by atomic mass is 9.72. The van der Waals surface area contributed by atoms with Crippen molar-refractivity contribution in [1.29, 1.82) is 0 Å². The fourth-order valence-corrected chi connectivity index (χ4v) is 4.34. The van der Waals surface area contributed by atoms with Crippen LogP contribution in [-0.2, 0) is 10.2 Å². The molecule has 0 aliphatic rings. The predicted molar refractivity (Wildman–Crippen MR) is 131 cm³/mol. The smallest absolute Gasteiger partial charge is 0.349 e. The van der Waals surface area contributed by atoms with E-state index < -0.39 is 10.9 Å². The largest absolute Gasteiger partial charge is 0.493 e. The molecule has 8 heteroatoms. The normalized spacial score (nSPS) is 12.0. The number of carbonyl (C=O) groups is 1. The van der Waals surface area contributed by atoms with Crippen LogP contribution in [0, 0.1) is 15.5 Å². The lowest BCUT2D eigenvalue weighted by Gasteiger charge is -2.33. The van der Waals surface area contributed by atoms with Crippen molar-refractivity contribution in [2.24, 2.45) is 5.41 Å². The molecule has 0 aromatic heterocycles. The Morgan fingerprint density at radius 1 is 1.12 bits per heavy atom. The van der Waals surface area contributed by atoms with Gasteiger partial charge in [0.2, 0.25) is 6.20 Å². The zero-order chi connectivity index (χ0) is 24.8. The molecule has 2 aromatic rings. The van der Waals surface area contributed by atoms with E-state index in [0.717, 1.165) is 12.6 Å². The highest BCUT2D eigenvalue weighted by atomic mass is 79.9. The Kier molecular flexibility index (Phi) is 8.66. The Morgan fingerprint density at radius 3 is 2.30 bits per heavy atom. The van der Waals surface area contributed by atoms with Crippen LogP contribution in [0.3, 0.4) is 0 Å². The van der Waals surface area contributed by atoms with Gasteiger partial charge in [0, 0.05) is 6.08 Å². The highest BCUT2D eigenvalue weighted by Gasteiger charge is 2.27. The van der Waals surface area contributed by atoms with Crippen LogP contribution in [0.5, 0.6) is 17.2 Å². The maximum absolute atomic E-state index is 12.4. The molecule has 2 aromatic carbocycles. The van der Waals surface area contributed by atoms with Crippen LogP contribution in [0.15, 0.2) is 47.1 Å². The van der Waals surface area contributed by atoms with Crippen LogP contribution in [-0.4, -0.2) is 24.6 Å². The SMILES string of the molecule is COc1cc(C=C[N+](=O)[O-])cc(Br)c1OC(=O)COc1ccc(C(C)(C)CC(C)(C)C)cc1. The second kappa shape index (κ2) is 10.8. The summed E-state index contributed by atoms with van der Waals surface area (Å²) >= 11 is 3.32. The minimum Gasteiger partial charge on any atom is -0.493 e. The van der Waals surface area contributed by atoms with Gasteiger partial charge in [-0.2, -0.15) is 0 Å². The molecule has 0 fully saturated rings. The average molecular weight is 520 g/mol. The Morgan fingerprint density at radius 2 is 1.76 bits per heavy atom. The van der Waals surface area contributed by atoms with Crippen molar-refractivity contribution in [3.05, 3.63) is 68.3 Å². The fraction of sp³-hybridized carbons (Fsp3) is 0.400. The summed E-state index contributed by atoms with van der Waals surface area (Å²) in [5.41, 5.74) is 1.94. The van der Waals surface area contributed by atoms with Gasteiger partial charge in [0.15, 0.2) is 18.1 Å². The van der Waals surface area contributed by atoms with Gasteiger partial charge in [-0.05, 0) is 68.6 Å². The Bertz CT molecular complexity index is 1020. The van der Waals surface area contributed by atoms with E-state index in [9.17, 15) is 14.9 Å². The first kappa shape index (κ1) is 26.4. The number of ether oxygens (including phenoxy) is 3. The average Bonchev–Trinajstić information content (AvgIpc) is 2.70. The summed E-state index contributed by atoms with van der Waals surface area (Å²) in [5.74, 6) is 0.378. The lowest BCUT2D eigenvalue weighted by molar-refractivity contribution is -0.400. The van der Waals surface area contributed by atoms with Crippen LogP contribution in [0.1, 0.15) is 52.2 Å². The van der Waals surface area contributed by atoms with Crippen LogP contribution < -0.4 is 14.2 Å². The number of nitrogens with zero attached hydrogens (tertiary/aromatic N) is 1. The molecule has 0 amide bonds. The summed E-state index contributed by atoms with van der Waals surface area (Å²) in [6, 6.07) is 10.8. The summed E-state index contributed by atoms with van der Waals surface area (Å²) in [4.78, 5) is 22.3. The van der Waals surface area contributed by atoms with E-state index in [1.807, 2.05) is 24.3 Å². The number of benzene rings is 2. The van der Waals surface area contributed by atoms with Gasteiger partial charge in [-0.25, -0.2) is 4.79 Å². The summed E-state index contributed by atoms with van der Waals surface area (Å²) < 4.78 is 16.7. The minimum atomic E-state index is -0.611. The highest BCUT2D eigenvalue weighted by Crippen LogP contribution is 2.38. The molecule has 0 aliphatic carbocycles. The molecule has 7 nitrogen and oxygen atoms in total. The number of halogens is 1. The van der Waals surface area contributed by atoms with E-state index >= 15 is 0 Å². The monoisotopic (exact) mass is 519 g/mol. The summed E-state index contributed by atoms with van der Waals surface area (Å²) in [6.45, 7) is 10.8. The third kappa shape index (κ3) is 8.20. The highest BCUT2D eigenvalue weighted by molar-refractivity contribution is 9.10. The van der Waals surface area contributed by atoms with Crippen molar-refractivity contribution in [3.8, 4) is 17.2 Å². The molecule has 2 rings (SSSR count). The first-order chi connectivity index (χ1) is 15.3. The molecule has 178 valence electrons. The van der Waals surface area contributed by atoms with Gasteiger partial charge in [0.1, 0.15) is 5.75 Å². The number of carbonyl (C=O) groups excluding carboxylic acids is 1. The molecule has 0 unspecified atom stereocenters. The van der Waals surface area contributed by atoms with E-state index in [-0.39, 0.29) is 28.9 Å². The van der Waals surface area contributed by atoms with E-state index in [0.29, 0.717) is 15.8 Å². The zero-order valence-electron chi connectivity index (χ0n) is 19.8. The van der Waals surface area contributed by atoms with Crippen LogP contribution >= 0.6 is 15.9 Å².